The third-order valence-corrected chi connectivity index (χ3v) is 4.04. The fourth-order valence-electron chi connectivity index (χ4n) is 2.03. The molecule has 0 amide bonds. The molecule has 3 aromatic rings. The number of pyridine rings is 1. The summed E-state index contributed by atoms with van der Waals surface area (Å²) in [5.74, 6) is 0.394. The van der Waals surface area contributed by atoms with Crippen molar-refractivity contribution in [3.63, 3.8) is 0 Å². The average molecular weight is 338 g/mol. The quantitative estimate of drug-likeness (QED) is 0.736. The summed E-state index contributed by atoms with van der Waals surface area (Å²) in [7, 11) is 0. The number of halogens is 2. The molecule has 0 aliphatic rings. The molecule has 1 aromatic carbocycles. The van der Waals surface area contributed by atoms with E-state index in [2.05, 4.69) is 25.9 Å². The lowest BCUT2D eigenvalue weighted by molar-refractivity contribution is 1.06. The molecular weight excluding hydrogens is 328 g/mol. The van der Waals surface area contributed by atoms with Crippen molar-refractivity contribution in [2.24, 2.45) is 0 Å². The number of benzene rings is 1. The zero-order valence-electron chi connectivity index (χ0n) is 10.1. The van der Waals surface area contributed by atoms with Crippen molar-refractivity contribution in [1.29, 1.82) is 0 Å². The SMILES string of the molecule is Cc1c(Br)cccc1-n1c(N)nc2cc(Cl)cnc21. The molecule has 0 unspecified atom stereocenters. The van der Waals surface area contributed by atoms with Crippen LogP contribution in [0.5, 0.6) is 0 Å². The van der Waals surface area contributed by atoms with Crippen molar-refractivity contribution in [2.75, 3.05) is 5.73 Å². The molecule has 4 nitrogen and oxygen atoms in total. The lowest BCUT2D eigenvalue weighted by atomic mass is 10.2. The van der Waals surface area contributed by atoms with E-state index in [1.165, 1.54) is 0 Å². The lowest BCUT2D eigenvalue weighted by Crippen LogP contribution is -2.03. The van der Waals surface area contributed by atoms with Gasteiger partial charge in [0, 0.05) is 10.7 Å². The maximum Gasteiger partial charge on any atom is 0.207 e. The molecule has 0 aliphatic carbocycles. The zero-order chi connectivity index (χ0) is 13.6. The van der Waals surface area contributed by atoms with Gasteiger partial charge in [-0.1, -0.05) is 33.6 Å². The molecule has 0 spiro atoms. The standard InChI is InChI=1S/C13H10BrClN4/c1-7-9(14)3-2-4-11(7)19-12-10(18-13(19)16)5-8(15)6-17-12/h2-6H,1H3,(H2,16,18). The summed E-state index contributed by atoms with van der Waals surface area (Å²) in [6, 6.07) is 7.67. The first kappa shape index (κ1) is 12.4. The van der Waals surface area contributed by atoms with E-state index in [-0.39, 0.29) is 0 Å². The van der Waals surface area contributed by atoms with E-state index in [9.17, 15) is 0 Å². The Bertz CT molecular complexity index is 782. The number of imidazole rings is 1. The largest absolute Gasteiger partial charge is 0.369 e. The van der Waals surface area contributed by atoms with E-state index in [4.69, 9.17) is 17.3 Å². The summed E-state index contributed by atoms with van der Waals surface area (Å²) in [6.07, 6.45) is 1.59. The van der Waals surface area contributed by atoms with Crippen LogP contribution in [-0.4, -0.2) is 14.5 Å². The highest BCUT2D eigenvalue weighted by molar-refractivity contribution is 9.10. The van der Waals surface area contributed by atoms with Crippen molar-refractivity contribution < 1.29 is 0 Å². The Kier molecular flexibility index (Phi) is 2.95. The fraction of sp³-hybridized carbons (Fsp3) is 0.0769. The Hall–Kier alpha value is -1.59. The highest BCUT2D eigenvalue weighted by atomic mass is 79.9. The molecule has 19 heavy (non-hydrogen) atoms. The molecule has 0 saturated heterocycles. The van der Waals surface area contributed by atoms with E-state index in [0.717, 1.165) is 15.7 Å². The van der Waals surface area contributed by atoms with E-state index < -0.39 is 0 Å². The lowest BCUT2D eigenvalue weighted by Gasteiger charge is -2.10. The van der Waals surface area contributed by atoms with Crippen LogP contribution in [0.25, 0.3) is 16.9 Å². The first-order valence-electron chi connectivity index (χ1n) is 5.63. The van der Waals surface area contributed by atoms with Crippen LogP contribution in [0.15, 0.2) is 34.9 Å². The van der Waals surface area contributed by atoms with Crippen molar-refractivity contribution in [3.8, 4) is 5.69 Å². The van der Waals surface area contributed by atoms with Crippen molar-refractivity contribution in [3.05, 3.63) is 45.5 Å². The minimum Gasteiger partial charge on any atom is -0.369 e. The molecular formula is C13H10BrClN4. The number of nitrogens with zero attached hydrogens (tertiary/aromatic N) is 3. The van der Waals surface area contributed by atoms with E-state index >= 15 is 0 Å². The van der Waals surface area contributed by atoms with Crippen molar-refractivity contribution >= 4 is 44.6 Å². The Morgan fingerprint density at radius 1 is 1.37 bits per heavy atom. The molecule has 0 bridgehead atoms. The van der Waals surface area contributed by atoms with Gasteiger partial charge in [0.1, 0.15) is 5.52 Å². The normalized spacial score (nSPS) is 11.1. The maximum absolute atomic E-state index is 6.01. The van der Waals surface area contributed by atoms with E-state index in [1.807, 2.05) is 29.7 Å². The molecule has 0 fully saturated rings. The van der Waals surface area contributed by atoms with Crippen LogP contribution in [0.3, 0.4) is 0 Å². The number of rotatable bonds is 1. The minimum absolute atomic E-state index is 0.394. The number of nitrogens with two attached hydrogens (primary N) is 1. The van der Waals surface area contributed by atoms with Gasteiger partial charge in [0.25, 0.3) is 0 Å². The summed E-state index contributed by atoms with van der Waals surface area (Å²) in [4.78, 5) is 8.62. The smallest absolute Gasteiger partial charge is 0.207 e. The van der Waals surface area contributed by atoms with Gasteiger partial charge in [0.05, 0.1) is 10.7 Å². The van der Waals surface area contributed by atoms with Crippen LogP contribution in [0.1, 0.15) is 5.56 Å². The monoisotopic (exact) mass is 336 g/mol. The molecule has 2 aromatic heterocycles. The van der Waals surface area contributed by atoms with Gasteiger partial charge in [-0.2, -0.15) is 0 Å². The Labute approximate surface area is 123 Å². The number of hydrogen-bond donors (Lipinski definition) is 1. The van der Waals surface area contributed by atoms with Crippen LogP contribution >= 0.6 is 27.5 Å². The van der Waals surface area contributed by atoms with Gasteiger partial charge in [-0.15, -0.1) is 0 Å². The zero-order valence-corrected chi connectivity index (χ0v) is 12.4. The summed E-state index contributed by atoms with van der Waals surface area (Å²) in [5, 5.41) is 0.545. The molecule has 96 valence electrons. The number of nitrogen functional groups attached to an aromatic ring is 1. The first-order chi connectivity index (χ1) is 9.08. The predicted molar refractivity (Wildman–Crippen MR) is 80.7 cm³/mol. The molecule has 2 N–H and O–H groups in total. The number of anilines is 1. The molecule has 3 rings (SSSR count). The third kappa shape index (κ3) is 1.99. The Balaban J connectivity index is 2.36. The van der Waals surface area contributed by atoms with E-state index in [0.29, 0.717) is 22.1 Å². The van der Waals surface area contributed by atoms with Gasteiger partial charge >= 0.3 is 0 Å². The highest BCUT2D eigenvalue weighted by Gasteiger charge is 2.14. The second kappa shape index (κ2) is 4.51. The van der Waals surface area contributed by atoms with Crippen LogP contribution < -0.4 is 5.73 Å². The van der Waals surface area contributed by atoms with Gasteiger partial charge in [-0.3, -0.25) is 4.57 Å². The minimum atomic E-state index is 0.394. The summed E-state index contributed by atoms with van der Waals surface area (Å²) in [5.41, 5.74) is 9.41. The van der Waals surface area contributed by atoms with Gasteiger partial charge in [0.15, 0.2) is 5.65 Å². The second-order valence-corrected chi connectivity index (χ2v) is 5.48. The number of aromatic nitrogens is 3. The average Bonchev–Trinajstić information content (AvgIpc) is 2.68. The third-order valence-electron chi connectivity index (χ3n) is 2.97. The molecule has 0 atom stereocenters. The number of hydrogen-bond acceptors (Lipinski definition) is 3. The van der Waals surface area contributed by atoms with Gasteiger partial charge in [0.2, 0.25) is 5.95 Å². The van der Waals surface area contributed by atoms with Gasteiger partial charge in [-0.25, -0.2) is 9.97 Å². The van der Waals surface area contributed by atoms with Crippen LogP contribution in [0, 0.1) is 6.92 Å². The Morgan fingerprint density at radius 3 is 2.95 bits per heavy atom. The fourth-order valence-corrected chi connectivity index (χ4v) is 2.54. The van der Waals surface area contributed by atoms with Gasteiger partial charge < -0.3 is 5.73 Å². The van der Waals surface area contributed by atoms with E-state index in [1.54, 1.807) is 12.3 Å². The summed E-state index contributed by atoms with van der Waals surface area (Å²) < 4.78 is 2.84. The van der Waals surface area contributed by atoms with Crippen LogP contribution in [-0.2, 0) is 0 Å². The Morgan fingerprint density at radius 2 is 2.16 bits per heavy atom. The first-order valence-corrected chi connectivity index (χ1v) is 6.80. The molecule has 0 aliphatic heterocycles. The molecule has 0 saturated carbocycles. The molecule has 2 heterocycles. The molecule has 0 radical (unpaired) electrons. The van der Waals surface area contributed by atoms with Crippen molar-refractivity contribution in [1.82, 2.24) is 14.5 Å². The number of fused-ring (bicyclic) bond motifs is 1. The van der Waals surface area contributed by atoms with Crippen molar-refractivity contribution in [2.45, 2.75) is 6.92 Å². The molecule has 6 heteroatoms. The topological polar surface area (TPSA) is 56.7 Å². The predicted octanol–water partition coefficient (Wildman–Crippen LogP) is 3.73. The summed E-state index contributed by atoms with van der Waals surface area (Å²) in [6.45, 7) is 2.01. The second-order valence-electron chi connectivity index (χ2n) is 4.19. The van der Waals surface area contributed by atoms with Crippen LogP contribution in [0.4, 0.5) is 5.95 Å². The van der Waals surface area contributed by atoms with Gasteiger partial charge in [-0.05, 0) is 30.7 Å². The highest BCUT2D eigenvalue weighted by Crippen LogP contribution is 2.28. The maximum atomic E-state index is 6.01. The summed E-state index contributed by atoms with van der Waals surface area (Å²) >= 11 is 9.44. The van der Waals surface area contributed by atoms with Crippen LogP contribution in [0.2, 0.25) is 5.02 Å².